The van der Waals surface area contributed by atoms with Crippen LogP contribution in [0.4, 0.5) is 5.69 Å². The number of benzene rings is 2. The maximum atomic E-state index is 12.6. The number of anilines is 1. The highest BCUT2D eigenvalue weighted by molar-refractivity contribution is 7.98. The van der Waals surface area contributed by atoms with Crippen LogP contribution in [-0.2, 0) is 4.79 Å². The van der Waals surface area contributed by atoms with E-state index in [2.05, 4.69) is 15.2 Å². The molecule has 2 aromatic carbocycles. The molecule has 0 radical (unpaired) electrons. The Hall–Kier alpha value is -3.39. The van der Waals surface area contributed by atoms with E-state index in [9.17, 15) is 4.79 Å². The van der Waals surface area contributed by atoms with Gasteiger partial charge in [-0.2, -0.15) is 4.98 Å². The Morgan fingerprint density at radius 3 is 2.63 bits per heavy atom. The van der Waals surface area contributed by atoms with Crippen LogP contribution in [0.25, 0.3) is 17.3 Å². The third-order valence-corrected chi connectivity index (χ3v) is 5.17. The van der Waals surface area contributed by atoms with Crippen molar-refractivity contribution in [3.63, 3.8) is 0 Å². The predicted molar refractivity (Wildman–Crippen MR) is 117 cm³/mol. The summed E-state index contributed by atoms with van der Waals surface area (Å²) in [5.74, 6) is 0.964. The fourth-order valence-electron chi connectivity index (χ4n) is 3.21. The van der Waals surface area contributed by atoms with Gasteiger partial charge in [0, 0.05) is 12.5 Å². The van der Waals surface area contributed by atoms with Gasteiger partial charge in [-0.3, -0.25) is 9.69 Å². The summed E-state index contributed by atoms with van der Waals surface area (Å²) in [4.78, 5) is 18.7. The summed E-state index contributed by atoms with van der Waals surface area (Å²) in [6.07, 6.45) is 4.91. The first kappa shape index (κ1) is 19.9. The molecule has 0 fully saturated rings. The zero-order valence-electron chi connectivity index (χ0n) is 16.8. The van der Waals surface area contributed by atoms with Crippen molar-refractivity contribution in [1.29, 1.82) is 0 Å². The number of ether oxygens (including phenoxy) is 2. The van der Waals surface area contributed by atoms with Crippen LogP contribution in [-0.4, -0.2) is 40.7 Å². The molecule has 1 aliphatic rings. The summed E-state index contributed by atoms with van der Waals surface area (Å²) >= 11 is 1.38. The van der Waals surface area contributed by atoms with Crippen molar-refractivity contribution in [3.05, 3.63) is 60.2 Å². The number of hydrogen-bond donors (Lipinski definition) is 0. The van der Waals surface area contributed by atoms with E-state index in [4.69, 9.17) is 9.47 Å². The fourth-order valence-corrected chi connectivity index (χ4v) is 3.50. The number of hydrogen-bond acceptors (Lipinski definition) is 7. The molecule has 0 spiro atoms. The molecule has 152 valence electrons. The first-order chi connectivity index (χ1) is 14.6. The Kier molecular flexibility index (Phi) is 5.67. The van der Waals surface area contributed by atoms with Crippen molar-refractivity contribution in [2.75, 3.05) is 18.3 Å². The first-order valence-corrected chi connectivity index (χ1v) is 10.5. The van der Waals surface area contributed by atoms with Crippen molar-refractivity contribution in [3.8, 4) is 22.9 Å². The summed E-state index contributed by atoms with van der Waals surface area (Å²) < 4.78 is 11.4. The van der Waals surface area contributed by atoms with Gasteiger partial charge in [0.1, 0.15) is 5.75 Å². The summed E-state index contributed by atoms with van der Waals surface area (Å²) in [5, 5.41) is 8.97. The number of methoxy groups -OCH3 is 1. The molecule has 1 aromatic heterocycles. The Morgan fingerprint density at radius 2 is 1.93 bits per heavy atom. The molecule has 0 N–H and O–H groups in total. The lowest BCUT2D eigenvalue weighted by molar-refractivity contribution is -0.117. The highest BCUT2D eigenvalue weighted by Crippen LogP contribution is 2.39. The van der Waals surface area contributed by atoms with Crippen LogP contribution in [0.1, 0.15) is 12.5 Å². The quantitative estimate of drug-likeness (QED) is 0.589. The number of fused-ring (bicyclic) bond motifs is 3. The van der Waals surface area contributed by atoms with Gasteiger partial charge in [0.15, 0.2) is 11.9 Å². The largest absolute Gasteiger partial charge is 0.497 e. The third kappa shape index (κ3) is 3.86. The van der Waals surface area contributed by atoms with E-state index in [1.165, 1.54) is 18.7 Å². The van der Waals surface area contributed by atoms with Crippen molar-refractivity contribution in [2.45, 2.75) is 18.3 Å². The second kappa shape index (κ2) is 8.54. The maximum absolute atomic E-state index is 12.6. The van der Waals surface area contributed by atoms with Crippen LogP contribution in [0.15, 0.2) is 59.8 Å². The molecule has 8 heteroatoms. The minimum atomic E-state index is -0.696. The minimum Gasteiger partial charge on any atom is -0.497 e. The molecule has 0 saturated heterocycles. The highest BCUT2D eigenvalue weighted by atomic mass is 32.2. The molecule has 7 nitrogen and oxygen atoms in total. The van der Waals surface area contributed by atoms with E-state index in [0.29, 0.717) is 22.4 Å². The number of carbonyl (C=O) groups excluding carboxylic acids is 1. The number of amides is 1. The van der Waals surface area contributed by atoms with Crippen LogP contribution in [0.5, 0.6) is 11.6 Å². The molecule has 0 aliphatic carbocycles. The Labute approximate surface area is 178 Å². The number of para-hydroxylation sites is 1. The lowest BCUT2D eigenvalue weighted by Gasteiger charge is -2.27. The smallest absolute Gasteiger partial charge is 0.247 e. The van der Waals surface area contributed by atoms with Crippen LogP contribution < -0.4 is 14.4 Å². The molecule has 0 saturated carbocycles. The van der Waals surface area contributed by atoms with Crippen molar-refractivity contribution >= 4 is 29.4 Å². The summed E-state index contributed by atoms with van der Waals surface area (Å²) in [6, 6.07) is 15.1. The lowest BCUT2D eigenvalue weighted by atomic mass is 10.1. The molecule has 1 atom stereocenters. The average molecular weight is 420 g/mol. The molecule has 1 unspecified atom stereocenters. The number of rotatable bonds is 4. The van der Waals surface area contributed by atoms with Gasteiger partial charge in [0.05, 0.1) is 12.8 Å². The maximum Gasteiger partial charge on any atom is 0.247 e. The number of carbonyl (C=O) groups is 1. The van der Waals surface area contributed by atoms with Crippen LogP contribution >= 0.6 is 11.8 Å². The standard InChI is InChI=1S/C22H20N4O3S/c1-14(27)26-18-7-5-4-6-17(18)20-21(23-22(30-3)25-24-20)29-19(26)13-10-15-8-11-16(28-2)12-9-15/h4-13,19H,1-3H3. The van der Waals surface area contributed by atoms with Crippen molar-refractivity contribution in [1.82, 2.24) is 15.2 Å². The second-order valence-electron chi connectivity index (χ2n) is 6.50. The monoisotopic (exact) mass is 420 g/mol. The van der Waals surface area contributed by atoms with E-state index in [1.807, 2.05) is 66.9 Å². The topological polar surface area (TPSA) is 77.4 Å². The van der Waals surface area contributed by atoms with Gasteiger partial charge in [-0.15, -0.1) is 10.2 Å². The second-order valence-corrected chi connectivity index (χ2v) is 7.27. The molecule has 1 amide bonds. The summed E-state index contributed by atoms with van der Waals surface area (Å²) in [5.41, 5.74) is 2.90. The lowest BCUT2D eigenvalue weighted by Crippen LogP contribution is -2.41. The van der Waals surface area contributed by atoms with E-state index in [0.717, 1.165) is 16.9 Å². The van der Waals surface area contributed by atoms with Gasteiger partial charge < -0.3 is 9.47 Å². The number of thioether (sulfide) groups is 1. The van der Waals surface area contributed by atoms with E-state index < -0.39 is 6.23 Å². The van der Waals surface area contributed by atoms with Crippen LogP contribution in [0.3, 0.4) is 0 Å². The fraction of sp³-hybridized carbons (Fsp3) is 0.182. The first-order valence-electron chi connectivity index (χ1n) is 9.27. The molecular formula is C22H20N4O3S. The molecule has 0 bridgehead atoms. The average Bonchev–Trinajstić information content (AvgIpc) is 2.91. The van der Waals surface area contributed by atoms with Crippen LogP contribution in [0, 0.1) is 0 Å². The molecule has 1 aliphatic heterocycles. The SMILES string of the molecule is COc1ccc(C=CC2Oc3nc(SC)nnc3-c3ccccc3N2C(C)=O)cc1. The normalized spacial score (nSPS) is 15.2. The molecular weight excluding hydrogens is 400 g/mol. The van der Waals surface area contributed by atoms with Crippen LogP contribution in [0.2, 0.25) is 0 Å². The summed E-state index contributed by atoms with van der Waals surface area (Å²) in [7, 11) is 1.63. The van der Waals surface area contributed by atoms with Crippen molar-refractivity contribution < 1.29 is 14.3 Å². The Balaban J connectivity index is 1.80. The highest BCUT2D eigenvalue weighted by Gasteiger charge is 2.31. The Morgan fingerprint density at radius 1 is 1.17 bits per heavy atom. The summed E-state index contributed by atoms with van der Waals surface area (Å²) in [6.45, 7) is 1.51. The molecule has 3 aromatic rings. The zero-order chi connectivity index (χ0) is 21.1. The van der Waals surface area contributed by atoms with E-state index in [-0.39, 0.29) is 5.91 Å². The van der Waals surface area contributed by atoms with Gasteiger partial charge >= 0.3 is 0 Å². The van der Waals surface area contributed by atoms with E-state index in [1.54, 1.807) is 12.0 Å². The molecule has 30 heavy (non-hydrogen) atoms. The molecule has 2 heterocycles. The Bertz CT molecular complexity index is 1100. The van der Waals surface area contributed by atoms with Gasteiger partial charge in [-0.05, 0) is 36.1 Å². The van der Waals surface area contributed by atoms with Gasteiger partial charge in [0.25, 0.3) is 0 Å². The number of aromatic nitrogens is 3. The van der Waals surface area contributed by atoms with Gasteiger partial charge in [-0.25, -0.2) is 0 Å². The number of nitrogens with zero attached hydrogens (tertiary/aromatic N) is 4. The predicted octanol–water partition coefficient (Wildman–Crippen LogP) is 4.05. The zero-order valence-corrected chi connectivity index (χ0v) is 17.6. The molecule has 4 rings (SSSR count). The third-order valence-electron chi connectivity index (χ3n) is 4.63. The van der Waals surface area contributed by atoms with Gasteiger partial charge in [-0.1, -0.05) is 48.2 Å². The minimum absolute atomic E-state index is 0.155. The van der Waals surface area contributed by atoms with Gasteiger partial charge in [0.2, 0.25) is 16.9 Å². The van der Waals surface area contributed by atoms with E-state index >= 15 is 0 Å². The van der Waals surface area contributed by atoms with Crippen molar-refractivity contribution in [2.24, 2.45) is 0 Å².